The first kappa shape index (κ1) is 12.3. The minimum Gasteiger partial charge on any atom is -0.332 e. The molecule has 2 rings (SSSR count). The third kappa shape index (κ3) is 2.59. The van der Waals surface area contributed by atoms with Crippen LogP contribution in [0.4, 0.5) is 4.79 Å². The summed E-state index contributed by atoms with van der Waals surface area (Å²) < 4.78 is 2.25. The summed E-state index contributed by atoms with van der Waals surface area (Å²) in [5.41, 5.74) is 0.564. The molecule has 1 heterocycles. The van der Waals surface area contributed by atoms with Gasteiger partial charge in [0.1, 0.15) is 3.70 Å². The van der Waals surface area contributed by atoms with E-state index in [4.69, 9.17) is 0 Å². The highest BCUT2D eigenvalue weighted by Crippen LogP contribution is 2.19. The van der Waals surface area contributed by atoms with Crippen molar-refractivity contribution in [2.24, 2.45) is 0 Å². The largest absolute Gasteiger partial charge is 0.343 e. The van der Waals surface area contributed by atoms with E-state index >= 15 is 0 Å². The van der Waals surface area contributed by atoms with E-state index in [1.165, 1.54) is 4.68 Å². The third-order valence-electron chi connectivity index (χ3n) is 2.22. The molecule has 4 nitrogen and oxygen atoms in total. The van der Waals surface area contributed by atoms with Crippen LogP contribution in [0.25, 0.3) is 10.9 Å². The monoisotopic (exact) mass is 343 g/mol. The summed E-state index contributed by atoms with van der Waals surface area (Å²) >= 11 is 2.14. The quantitative estimate of drug-likeness (QED) is 0.748. The second-order valence-corrected chi connectivity index (χ2v) is 5.92. The highest BCUT2D eigenvalue weighted by Gasteiger charge is 2.18. The van der Waals surface area contributed by atoms with Gasteiger partial charge in [-0.3, -0.25) is 0 Å². The number of hydrogen-bond acceptors (Lipinski definition) is 2. The maximum atomic E-state index is 12.1. The number of hydrogen-bond donors (Lipinski definition) is 1. The van der Waals surface area contributed by atoms with Crippen molar-refractivity contribution in [1.82, 2.24) is 15.1 Å². The van der Waals surface area contributed by atoms with E-state index in [0.29, 0.717) is 0 Å². The molecule has 0 spiro atoms. The van der Waals surface area contributed by atoms with Crippen molar-refractivity contribution in [3.05, 3.63) is 28.0 Å². The number of carbonyl (C=O) groups excluding carboxylic acids is 1. The molecule has 2 aromatic rings. The summed E-state index contributed by atoms with van der Waals surface area (Å²) in [6.07, 6.45) is 0. The van der Waals surface area contributed by atoms with Gasteiger partial charge in [0.05, 0.1) is 5.52 Å². The van der Waals surface area contributed by atoms with Gasteiger partial charge in [-0.25, -0.2) is 4.79 Å². The molecule has 1 amide bonds. The van der Waals surface area contributed by atoms with Gasteiger partial charge in [-0.1, -0.05) is 18.2 Å². The van der Waals surface area contributed by atoms with E-state index < -0.39 is 0 Å². The van der Waals surface area contributed by atoms with Crippen molar-refractivity contribution in [1.29, 1.82) is 0 Å². The number of carbonyl (C=O) groups is 1. The SMILES string of the molecule is CC(C)(C)NC(=O)n1nc(I)c2ccccc21. The number of halogens is 1. The van der Waals surface area contributed by atoms with E-state index in [0.717, 1.165) is 14.6 Å². The number of benzene rings is 1. The molecular weight excluding hydrogens is 329 g/mol. The lowest BCUT2D eigenvalue weighted by Crippen LogP contribution is -2.43. The number of rotatable bonds is 0. The highest BCUT2D eigenvalue weighted by atomic mass is 127. The van der Waals surface area contributed by atoms with Crippen LogP contribution in [0.5, 0.6) is 0 Å². The zero-order chi connectivity index (χ0) is 12.6. The maximum Gasteiger partial charge on any atom is 0.343 e. The fourth-order valence-electron chi connectivity index (χ4n) is 1.56. The van der Waals surface area contributed by atoms with Crippen molar-refractivity contribution in [3.8, 4) is 0 Å². The maximum absolute atomic E-state index is 12.1. The summed E-state index contributed by atoms with van der Waals surface area (Å²) in [7, 11) is 0. The number of para-hydroxylation sites is 1. The van der Waals surface area contributed by atoms with Gasteiger partial charge >= 0.3 is 6.03 Å². The van der Waals surface area contributed by atoms with Crippen LogP contribution in [0.2, 0.25) is 0 Å². The molecule has 1 aromatic carbocycles. The Hall–Kier alpha value is -1.11. The molecule has 0 saturated heterocycles. The topological polar surface area (TPSA) is 46.9 Å². The average molecular weight is 343 g/mol. The number of nitrogens with one attached hydrogen (secondary N) is 1. The number of nitrogens with zero attached hydrogens (tertiary/aromatic N) is 2. The molecular formula is C12H14IN3O. The molecule has 0 atom stereocenters. The van der Waals surface area contributed by atoms with Gasteiger partial charge in [-0.2, -0.15) is 9.78 Å². The Morgan fingerprint density at radius 2 is 2.00 bits per heavy atom. The Labute approximate surface area is 114 Å². The Morgan fingerprint density at radius 1 is 1.35 bits per heavy atom. The number of aromatic nitrogens is 2. The van der Waals surface area contributed by atoms with Crippen molar-refractivity contribution >= 4 is 39.5 Å². The smallest absolute Gasteiger partial charge is 0.332 e. The van der Waals surface area contributed by atoms with Crippen LogP contribution >= 0.6 is 22.6 Å². The van der Waals surface area contributed by atoms with E-state index in [9.17, 15) is 4.79 Å². The average Bonchev–Trinajstić information content (AvgIpc) is 2.55. The van der Waals surface area contributed by atoms with Crippen molar-refractivity contribution in [2.45, 2.75) is 26.3 Å². The van der Waals surface area contributed by atoms with E-state index in [1.807, 2.05) is 45.0 Å². The van der Waals surface area contributed by atoms with Gasteiger partial charge in [0, 0.05) is 10.9 Å². The predicted octanol–water partition coefficient (Wildman–Crippen LogP) is 3.00. The number of amides is 1. The Balaban J connectivity index is 2.46. The van der Waals surface area contributed by atoms with Crippen LogP contribution in [0.3, 0.4) is 0 Å². The van der Waals surface area contributed by atoms with Gasteiger partial charge in [-0.05, 0) is 49.4 Å². The summed E-state index contributed by atoms with van der Waals surface area (Å²) in [4.78, 5) is 12.1. The fraction of sp³-hybridized carbons (Fsp3) is 0.333. The van der Waals surface area contributed by atoms with E-state index in [2.05, 4.69) is 33.0 Å². The Bertz CT molecular complexity index is 569. The molecule has 0 saturated carbocycles. The van der Waals surface area contributed by atoms with Crippen molar-refractivity contribution < 1.29 is 4.79 Å². The van der Waals surface area contributed by atoms with E-state index in [1.54, 1.807) is 0 Å². The van der Waals surface area contributed by atoms with Crippen LogP contribution in [0.15, 0.2) is 24.3 Å². The van der Waals surface area contributed by atoms with Crippen LogP contribution < -0.4 is 5.32 Å². The third-order valence-corrected chi connectivity index (χ3v) is 3.01. The first-order valence-electron chi connectivity index (χ1n) is 5.34. The van der Waals surface area contributed by atoms with Gasteiger partial charge in [0.15, 0.2) is 0 Å². The van der Waals surface area contributed by atoms with Gasteiger partial charge in [0.2, 0.25) is 0 Å². The molecule has 0 aliphatic carbocycles. The Morgan fingerprint density at radius 3 is 2.65 bits per heavy atom. The molecule has 0 unspecified atom stereocenters. The van der Waals surface area contributed by atoms with Crippen molar-refractivity contribution in [2.75, 3.05) is 0 Å². The lowest BCUT2D eigenvalue weighted by Gasteiger charge is -2.20. The molecule has 0 aliphatic rings. The summed E-state index contributed by atoms with van der Waals surface area (Å²) in [6.45, 7) is 5.84. The summed E-state index contributed by atoms with van der Waals surface area (Å²) in [6, 6.07) is 7.51. The first-order chi connectivity index (χ1) is 7.88. The molecule has 90 valence electrons. The zero-order valence-electron chi connectivity index (χ0n) is 9.99. The second kappa shape index (κ2) is 4.29. The summed E-state index contributed by atoms with van der Waals surface area (Å²) in [5, 5.41) is 8.16. The minimum atomic E-state index is -0.268. The van der Waals surface area contributed by atoms with Crippen molar-refractivity contribution in [3.63, 3.8) is 0 Å². The Kier molecular flexibility index (Phi) is 3.11. The molecule has 1 aromatic heterocycles. The number of fused-ring (bicyclic) bond motifs is 1. The van der Waals surface area contributed by atoms with Crippen LogP contribution in [0.1, 0.15) is 20.8 Å². The van der Waals surface area contributed by atoms with Gasteiger partial charge in [-0.15, -0.1) is 0 Å². The molecule has 0 bridgehead atoms. The molecule has 17 heavy (non-hydrogen) atoms. The fourth-order valence-corrected chi connectivity index (χ4v) is 2.23. The van der Waals surface area contributed by atoms with Crippen LogP contribution in [-0.4, -0.2) is 21.4 Å². The van der Waals surface area contributed by atoms with E-state index in [-0.39, 0.29) is 11.6 Å². The molecule has 0 radical (unpaired) electrons. The first-order valence-corrected chi connectivity index (χ1v) is 6.42. The minimum absolute atomic E-state index is 0.198. The standard InChI is InChI=1S/C12H14IN3O/c1-12(2,3)14-11(17)16-9-7-5-4-6-8(9)10(13)15-16/h4-7H,1-3H3,(H,14,17). The van der Waals surface area contributed by atoms with Crippen LogP contribution in [-0.2, 0) is 0 Å². The van der Waals surface area contributed by atoms with Gasteiger partial charge in [0.25, 0.3) is 0 Å². The normalized spacial score (nSPS) is 11.8. The lowest BCUT2D eigenvalue weighted by molar-refractivity contribution is 0.231. The molecule has 0 fully saturated rings. The van der Waals surface area contributed by atoms with Gasteiger partial charge < -0.3 is 5.32 Å². The highest BCUT2D eigenvalue weighted by molar-refractivity contribution is 14.1. The zero-order valence-corrected chi connectivity index (χ0v) is 12.1. The second-order valence-electron chi connectivity index (χ2n) is 4.90. The summed E-state index contributed by atoms with van der Waals surface area (Å²) in [5.74, 6) is 0. The van der Waals surface area contributed by atoms with Crippen LogP contribution in [0, 0.1) is 3.70 Å². The lowest BCUT2D eigenvalue weighted by atomic mass is 10.1. The molecule has 0 aliphatic heterocycles. The molecule has 5 heteroatoms. The molecule has 1 N–H and O–H groups in total. The predicted molar refractivity (Wildman–Crippen MR) is 76.1 cm³/mol.